The first kappa shape index (κ1) is 16.4. The fourth-order valence-corrected chi connectivity index (χ4v) is 2.97. The average Bonchev–Trinajstić information content (AvgIpc) is 3.06. The van der Waals surface area contributed by atoms with Crippen molar-refractivity contribution in [1.82, 2.24) is 24.8 Å². The molecule has 2 aromatic heterocycles. The van der Waals surface area contributed by atoms with Crippen molar-refractivity contribution in [3.8, 4) is 5.82 Å². The summed E-state index contributed by atoms with van der Waals surface area (Å²) in [4.78, 5) is 22.6. The van der Waals surface area contributed by atoms with Crippen molar-refractivity contribution in [3.63, 3.8) is 0 Å². The third-order valence-electron chi connectivity index (χ3n) is 4.39. The first-order chi connectivity index (χ1) is 11.7. The molecule has 24 heavy (non-hydrogen) atoms. The van der Waals surface area contributed by atoms with E-state index < -0.39 is 0 Å². The predicted octanol–water partition coefficient (Wildman–Crippen LogP) is 1.49. The summed E-state index contributed by atoms with van der Waals surface area (Å²) >= 11 is 0. The molecule has 0 spiro atoms. The number of imidazole rings is 1. The van der Waals surface area contributed by atoms with Gasteiger partial charge < -0.3 is 15.3 Å². The minimum absolute atomic E-state index is 0.0809. The third kappa shape index (κ3) is 3.73. The van der Waals surface area contributed by atoms with Crippen LogP contribution in [0.2, 0.25) is 0 Å². The van der Waals surface area contributed by atoms with E-state index in [4.69, 9.17) is 0 Å². The maximum atomic E-state index is 12.2. The molecule has 1 saturated heterocycles. The van der Waals surface area contributed by atoms with Crippen LogP contribution in [0.5, 0.6) is 0 Å². The summed E-state index contributed by atoms with van der Waals surface area (Å²) in [5, 5.41) is 12.2. The number of pyridine rings is 1. The Bertz CT molecular complexity index is 683. The largest absolute Gasteiger partial charge is 0.396 e. The smallest absolute Gasteiger partial charge is 0.317 e. The first-order valence-electron chi connectivity index (χ1n) is 8.26. The van der Waals surface area contributed by atoms with Gasteiger partial charge in [0.05, 0.1) is 0 Å². The second-order valence-corrected chi connectivity index (χ2v) is 6.16. The van der Waals surface area contributed by atoms with Crippen LogP contribution < -0.4 is 5.32 Å². The number of nitrogens with zero attached hydrogens (tertiary/aromatic N) is 4. The van der Waals surface area contributed by atoms with Crippen molar-refractivity contribution in [1.29, 1.82) is 0 Å². The van der Waals surface area contributed by atoms with Crippen LogP contribution in [-0.4, -0.2) is 50.3 Å². The van der Waals surface area contributed by atoms with Gasteiger partial charge in [-0.1, -0.05) is 6.07 Å². The lowest BCUT2D eigenvalue weighted by atomic mass is 9.99. The van der Waals surface area contributed by atoms with Gasteiger partial charge in [-0.25, -0.2) is 14.8 Å². The monoisotopic (exact) mass is 329 g/mol. The number of rotatable bonds is 4. The Hall–Kier alpha value is -2.41. The Labute approximate surface area is 141 Å². The number of amides is 2. The lowest BCUT2D eigenvalue weighted by molar-refractivity contribution is 0.129. The molecular weight excluding hydrogens is 306 g/mol. The molecule has 3 rings (SSSR count). The summed E-state index contributed by atoms with van der Waals surface area (Å²) in [5.41, 5.74) is 0.945. The number of hydrogen-bond donors (Lipinski definition) is 2. The number of likely N-dealkylation sites (tertiary alicyclic amines) is 1. The van der Waals surface area contributed by atoms with E-state index in [2.05, 4.69) is 15.3 Å². The van der Waals surface area contributed by atoms with Gasteiger partial charge in [-0.05, 0) is 37.3 Å². The molecule has 1 aliphatic heterocycles. The molecule has 0 bridgehead atoms. The Morgan fingerprint density at radius 1 is 1.42 bits per heavy atom. The third-order valence-corrected chi connectivity index (χ3v) is 4.39. The van der Waals surface area contributed by atoms with Crippen LogP contribution in [0.15, 0.2) is 30.7 Å². The topological polar surface area (TPSA) is 83.3 Å². The van der Waals surface area contributed by atoms with Crippen LogP contribution >= 0.6 is 0 Å². The number of urea groups is 1. The summed E-state index contributed by atoms with van der Waals surface area (Å²) in [6.45, 7) is 3.88. The van der Waals surface area contributed by atoms with Gasteiger partial charge in [-0.3, -0.25) is 4.57 Å². The maximum Gasteiger partial charge on any atom is 0.317 e. The molecule has 7 heteroatoms. The minimum Gasteiger partial charge on any atom is -0.396 e. The van der Waals surface area contributed by atoms with Gasteiger partial charge in [-0.15, -0.1) is 0 Å². The molecule has 128 valence electrons. The maximum absolute atomic E-state index is 12.2. The molecule has 1 aliphatic rings. The molecule has 2 aromatic rings. The van der Waals surface area contributed by atoms with Crippen molar-refractivity contribution < 1.29 is 9.90 Å². The van der Waals surface area contributed by atoms with Crippen LogP contribution in [0, 0.1) is 12.8 Å². The summed E-state index contributed by atoms with van der Waals surface area (Å²) in [6, 6.07) is 3.79. The number of aliphatic hydroxyl groups excluding tert-OH is 1. The second-order valence-electron chi connectivity index (χ2n) is 6.16. The second kappa shape index (κ2) is 7.44. The van der Waals surface area contributed by atoms with Crippen LogP contribution in [0.3, 0.4) is 0 Å². The Morgan fingerprint density at radius 2 is 2.29 bits per heavy atom. The number of aliphatic hydroxyl groups is 1. The first-order valence-corrected chi connectivity index (χ1v) is 8.26. The molecule has 0 aromatic carbocycles. The fraction of sp³-hybridized carbons (Fsp3) is 0.471. The number of aryl methyl sites for hydroxylation is 1. The molecule has 1 atom stereocenters. The lowest BCUT2D eigenvalue weighted by Crippen LogP contribution is -2.45. The number of piperidine rings is 1. The van der Waals surface area contributed by atoms with Crippen LogP contribution in [0.25, 0.3) is 5.82 Å². The van der Waals surface area contributed by atoms with Crippen LogP contribution in [0.1, 0.15) is 24.2 Å². The van der Waals surface area contributed by atoms with Gasteiger partial charge >= 0.3 is 6.03 Å². The summed E-state index contributed by atoms with van der Waals surface area (Å²) in [5.74, 6) is 1.89. The van der Waals surface area contributed by atoms with Gasteiger partial charge in [0.15, 0.2) is 0 Å². The van der Waals surface area contributed by atoms with E-state index in [1.165, 1.54) is 0 Å². The number of hydrogen-bond acceptors (Lipinski definition) is 4. The zero-order chi connectivity index (χ0) is 16.9. The predicted molar refractivity (Wildman–Crippen MR) is 89.7 cm³/mol. The highest BCUT2D eigenvalue weighted by atomic mass is 16.3. The molecule has 0 radical (unpaired) electrons. The summed E-state index contributed by atoms with van der Waals surface area (Å²) in [7, 11) is 0. The zero-order valence-electron chi connectivity index (χ0n) is 13.9. The zero-order valence-corrected chi connectivity index (χ0v) is 13.9. The quantitative estimate of drug-likeness (QED) is 0.890. The lowest BCUT2D eigenvalue weighted by Gasteiger charge is -2.31. The molecular formula is C17H23N5O2. The summed E-state index contributed by atoms with van der Waals surface area (Å²) < 4.78 is 1.91. The molecule has 3 heterocycles. The number of nitrogens with one attached hydrogen (secondary N) is 1. The number of carbonyl (C=O) groups is 1. The van der Waals surface area contributed by atoms with Crippen molar-refractivity contribution in [3.05, 3.63) is 42.1 Å². The van der Waals surface area contributed by atoms with E-state index in [9.17, 15) is 9.90 Å². The molecule has 2 amide bonds. The van der Waals surface area contributed by atoms with E-state index in [0.717, 1.165) is 36.6 Å². The summed E-state index contributed by atoms with van der Waals surface area (Å²) in [6.07, 6.45) is 7.30. The molecule has 0 aliphatic carbocycles. The van der Waals surface area contributed by atoms with Crippen LogP contribution in [-0.2, 0) is 6.54 Å². The van der Waals surface area contributed by atoms with Crippen molar-refractivity contribution in [2.45, 2.75) is 26.3 Å². The molecule has 7 nitrogen and oxygen atoms in total. The van der Waals surface area contributed by atoms with Gasteiger partial charge in [0.1, 0.15) is 11.6 Å². The Kier molecular flexibility index (Phi) is 5.10. The fourth-order valence-electron chi connectivity index (χ4n) is 2.97. The number of carbonyl (C=O) groups excluding carboxylic acids is 1. The van der Waals surface area contributed by atoms with Gasteiger partial charge in [0.25, 0.3) is 0 Å². The van der Waals surface area contributed by atoms with Crippen LogP contribution in [0.4, 0.5) is 4.79 Å². The standard InChI is InChI=1S/C17H23N5O2/c1-13-18-6-8-22(13)16-5-4-14(9-19-16)10-20-17(24)21-7-2-3-15(11-21)12-23/h4-6,8-9,15,23H,2-3,7,10-12H2,1H3,(H,20,24). The van der Waals surface area contributed by atoms with Crippen molar-refractivity contribution in [2.75, 3.05) is 19.7 Å². The Balaban J connectivity index is 1.55. The van der Waals surface area contributed by atoms with Gasteiger partial charge in [0.2, 0.25) is 0 Å². The minimum atomic E-state index is -0.0809. The highest BCUT2D eigenvalue weighted by Crippen LogP contribution is 2.15. The molecule has 0 saturated carbocycles. The van der Waals surface area contributed by atoms with Gasteiger partial charge in [0, 0.05) is 44.8 Å². The highest BCUT2D eigenvalue weighted by Gasteiger charge is 2.22. The average molecular weight is 329 g/mol. The normalized spacial score (nSPS) is 17.8. The molecule has 2 N–H and O–H groups in total. The molecule has 1 unspecified atom stereocenters. The van der Waals surface area contributed by atoms with E-state index in [1.54, 1.807) is 17.3 Å². The highest BCUT2D eigenvalue weighted by molar-refractivity contribution is 5.74. The molecule has 1 fully saturated rings. The van der Waals surface area contributed by atoms with E-state index >= 15 is 0 Å². The Morgan fingerprint density at radius 3 is 2.96 bits per heavy atom. The van der Waals surface area contributed by atoms with Crippen molar-refractivity contribution in [2.24, 2.45) is 5.92 Å². The van der Waals surface area contributed by atoms with E-state index in [-0.39, 0.29) is 18.6 Å². The SMILES string of the molecule is Cc1nccn1-c1ccc(CNC(=O)N2CCCC(CO)C2)cn1. The number of aromatic nitrogens is 3. The van der Waals surface area contributed by atoms with Crippen molar-refractivity contribution >= 4 is 6.03 Å². The van der Waals surface area contributed by atoms with E-state index in [1.807, 2.05) is 29.8 Å². The van der Waals surface area contributed by atoms with E-state index in [0.29, 0.717) is 13.1 Å². The van der Waals surface area contributed by atoms with Gasteiger partial charge in [-0.2, -0.15) is 0 Å².